The van der Waals surface area contributed by atoms with Crippen LogP contribution < -0.4 is 15.6 Å². The van der Waals surface area contributed by atoms with Gasteiger partial charge < -0.3 is 9.84 Å². The Hall–Kier alpha value is -1.59. The third-order valence-electron chi connectivity index (χ3n) is 2.59. The number of nitrogens with one attached hydrogen (secondary N) is 2. The first-order valence-electron chi connectivity index (χ1n) is 5.16. The Bertz CT molecular complexity index is 356. The third kappa shape index (κ3) is 2.50. The molecule has 0 saturated carbocycles. The van der Waals surface area contributed by atoms with Crippen LogP contribution in [0.5, 0.6) is 5.75 Å². The van der Waals surface area contributed by atoms with Crippen molar-refractivity contribution in [2.24, 2.45) is 5.92 Å². The van der Waals surface area contributed by atoms with E-state index >= 15 is 0 Å². The summed E-state index contributed by atoms with van der Waals surface area (Å²) < 4.78 is 5.50. The van der Waals surface area contributed by atoms with Crippen molar-refractivity contribution in [2.45, 2.75) is 6.04 Å². The summed E-state index contributed by atoms with van der Waals surface area (Å²) in [6.45, 7) is 0.770. The first kappa shape index (κ1) is 10.9. The molecule has 2 unspecified atom stereocenters. The van der Waals surface area contributed by atoms with Crippen LogP contribution in [0.1, 0.15) is 0 Å². The molecule has 1 fully saturated rings. The van der Waals surface area contributed by atoms with Crippen molar-refractivity contribution >= 4 is 5.97 Å². The van der Waals surface area contributed by atoms with Gasteiger partial charge in [-0.05, 0) is 12.1 Å². The van der Waals surface area contributed by atoms with Crippen LogP contribution in [0.2, 0.25) is 0 Å². The molecule has 1 saturated heterocycles. The van der Waals surface area contributed by atoms with Gasteiger partial charge >= 0.3 is 5.97 Å². The predicted molar refractivity (Wildman–Crippen MR) is 58.0 cm³/mol. The number of carboxylic acid groups (broad SMARTS) is 1. The molecule has 1 aliphatic rings. The van der Waals surface area contributed by atoms with Crippen LogP contribution in [0, 0.1) is 5.92 Å². The maximum absolute atomic E-state index is 10.9. The van der Waals surface area contributed by atoms with Crippen LogP contribution in [0.25, 0.3) is 0 Å². The first-order chi connectivity index (χ1) is 7.77. The van der Waals surface area contributed by atoms with Gasteiger partial charge in [-0.3, -0.25) is 15.6 Å². The average Bonchev–Trinajstić information content (AvgIpc) is 2.76. The van der Waals surface area contributed by atoms with Gasteiger partial charge in [-0.1, -0.05) is 18.2 Å². The summed E-state index contributed by atoms with van der Waals surface area (Å²) in [6, 6.07) is 9.16. The smallest absolute Gasteiger partial charge is 0.309 e. The molecule has 5 heteroatoms. The molecule has 1 aliphatic heterocycles. The largest absolute Gasteiger partial charge is 0.492 e. The lowest BCUT2D eigenvalue weighted by Gasteiger charge is -2.15. The fourth-order valence-corrected chi connectivity index (χ4v) is 1.66. The third-order valence-corrected chi connectivity index (χ3v) is 2.59. The van der Waals surface area contributed by atoms with E-state index in [0.717, 1.165) is 5.75 Å². The highest BCUT2D eigenvalue weighted by Gasteiger charge is 2.33. The minimum Gasteiger partial charge on any atom is -0.492 e. The number of ether oxygens (including phenoxy) is 1. The average molecular weight is 222 g/mol. The van der Waals surface area contributed by atoms with Crippen molar-refractivity contribution in [3.05, 3.63) is 30.3 Å². The number of rotatable bonds is 4. The number of carboxylic acids is 1. The van der Waals surface area contributed by atoms with Crippen molar-refractivity contribution in [2.75, 3.05) is 13.2 Å². The second-order valence-corrected chi connectivity index (χ2v) is 3.70. The van der Waals surface area contributed by atoms with Crippen LogP contribution in [0.4, 0.5) is 0 Å². The maximum Gasteiger partial charge on any atom is 0.309 e. The molecule has 1 aromatic rings. The molecular weight excluding hydrogens is 208 g/mol. The van der Waals surface area contributed by atoms with E-state index < -0.39 is 11.9 Å². The summed E-state index contributed by atoms with van der Waals surface area (Å²) in [4.78, 5) is 10.9. The zero-order chi connectivity index (χ0) is 11.4. The monoisotopic (exact) mass is 222 g/mol. The van der Waals surface area contributed by atoms with Crippen molar-refractivity contribution in [1.82, 2.24) is 10.9 Å². The lowest BCUT2D eigenvalue weighted by molar-refractivity contribution is -0.141. The molecule has 86 valence electrons. The predicted octanol–water partition coefficient (Wildman–Crippen LogP) is 0.243. The van der Waals surface area contributed by atoms with E-state index in [0.29, 0.717) is 13.2 Å². The minimum absolute atomic E-state index is 0.197. The SMILES string of the molecule is O=C(O)C1CNNC1COc1ccccc1. The fraction of sp³-hybridized carbons (Fsp3) is 0.364. The zero-order valence-corrected chi connectivity index (χ0v) is 8.72. The van der Waals surface area contributed by atoms with Crippen LogP contribution in [-0.2, 0) is 4.79 Å². The van der Waals surface area contributed by atoms with Gasteiger partial charge in [0.1, 0.15) is 12.4 Å². The van der Waals surface area contributed by atoms with E-state index in [1.165, 1.54) is 0 Å². The van der Waals surface area contributed by atoms with Crippen molar-refractivity contribution in [3.8, 4) is 5.75 Å². The standard InChI is InChI=1S/C11H14N2O3/c14-11(15)9-6-12-13-10(9)7-16-8-4-2-1-3-5-8/h1-5,9-10,12-13H,6-7H2,(H,14,15). The first-order valence-corrected chi connectivity index (χ1v) is 5.16. The Morgan fingerprint density at radius 2 is 2.19 bits per heavy atom. The number of para-hydroxylation sites is 1. The molecule has 2 rings (SSSR count). The summed E-state index contributed by atoms with van der Waals surface area (Å²) in [5.41, 5.74) is 5.73. The number of aliphatic carboxylic acids is 1. The Morgan fingerprint density at radius 1 is 1.44 bits per heavy atom. The van der Waals surface area contributed by atoms with Crippen molar-refractivity contribution in [1.29, 1.82) is 0 Å². The van der Waals surface area contributed by atoms with Gasteiger partial charge in [0.15, 0.2) is 0 Å². The Balaban J connectivity index is 1.88. The summed E-state index contributed by atoms with van der Waals surface area (Å²) >= 11 is 0. The zero-order valence-electron chi connectivity index (χ0n) is 8.72. The number of hydrogen-bond acceptors (Lipinski definition) is 4. The van der Waals surface area contributed by atoms with Crippen LogP contribution in [0.15, 0.2) is 30.3 Å². The molecule has 1 aromatic carbocycles. The molecule has 5 nitrogen and oxygen atoms in total. The summed E-state index contributed by atoms with van der Waals surface area (Å²) in [5.74, 6) is -0.497. The number of hydrazine groups is 1. The van der Waals surface area contributed by atoms with Crippen molar-refractivity contribution < 1.29 is 14.6 Å². The van der Waals surface area contributed by atoms with E-state index in [-0.39, 0.29) is 6.04 Å². The van der Waals surface area contributed by atoms with Crippen LogP contribution >= 0.6 is 0 Å². The highest BCUT2D eigenvalue weighted by atomic mass is 16.5. The molecule has 2 atom stereocenters. The highest BCUT2D eigenvalue weighted by molar-refractivity contribution is 5.71. The van der Waals surface area contributed by atoms with E-state index in [1.807, 2.05) is 30.3 Å². The fourth-order valence-electron chi connectivity index (χ4n) is 1.66. The second kappa shape index (κ2) is 4.96. The summed E-state index contributed by atoms with van der Waals surface area (Å²) in [7, 11) is 0. The topological polar surface area (TPSA) is 70.6 Å². The summed E-state index contributed by atoms with van der Waals surface area (Å²) in [5, 5.41) is 8.95. The Kier molecular flexibility index (Phi) is 3.38. The van der Waals surface area contributed by atoms with Gasteiger partial charge in [-0.15, -0.1) is 0 Å². The lowest BCUT2D eigenvalue weighted by Crippen LogP contribution is -2.38. The van der Waals surface area contributed by atoms with Gasteiger partial charge in [0.05, 0.1) is 12.0 Å². The molecule has 0 spiro atoms. The highest BCUT2D eigenvalue weighted by Crippen LogP contribution is 2.12. The lowest BCUT2D eigenvalue weighted by atomic mass is 10.0. The molecule has 0 aromatic heterocycles. The van der Waals surface area contributed by atoms with E-state index in [4.69, 9.17) is 9.84 Å². The van der Waals surface area contributed by atoms with Crippen molar-refractivity contribution in [3.63, 3.8) is 0 Å². The molecule has 0 aliphatic carbocycles. The number of benzene rings is 1. The molecule has 16 heavy (non-hydrogen) atoms. The van der Waals surface area contributed by atoms with Gasteiger partial charge in [0.25, 0.3) is 0 Å². The van der Waals surface area contributed by atoms with Gasteiger partial charge in [-0.2, -0.15) is 0 Å². The minimum atomic E-state index is -0.806. The van der Waals surface area contributed by atoms with E-state index in [1.54, 1.807) is 0 Å². The summed E-state index contributed by atoms with van der Waals surface area (Å²) in [6.07, 6.45) is 0. The van der Waals surface area contributed by atoms with E-state index in [2.05, 4.69) is 10.9 Å². The molecule has 0 amide bonds. The van der Waals surface area contributed by atoms with Gasteiger partial charge in [0.2, 0.25) is 0 Å². The Labute approximate surface area is 93.4 Å². The maximum atomic E-state index is 10.9. The molecule has 3 N–H and O–H groups in total. The number of hydrogen-bond donors (Lipinski definition) is 3. The molecule has 0 bridgehead atoms. The molecule has 1 heterocycles. The quantitative estimate of drug-likeness (QED) is 0.681. The second-order valence-electron chi connectivity index (χ2n) is 3.70. The normalized spacial score (nSPS) is 24.2. The molecular formula is C11H14N2O3. The van der Waals surface area contributed by atoms with E-state index in [9.17, 15) is 4.79 Å². The molecule has 0 radical (unpaired) electrons. The number of carbonyl (C=O) groups is 1. The van der Waals surface area contributed by atoms with Crippen LogP contribution in [-0.4, -0.2) is 30.3 Å². The van der Waals surface area contributed by atoms with Gasteiger partial charge in [-0.25, -0.2) is 0 Å². The van der Waals surface area contributed by atoms with Gasteiger partial charge in [0, 0.05) is 6.54 Å². The Morgan fingerprint density at radius 3 is 2.88 bits per heavy atom. The van der Waals surface area contributed by atoms with Crippen LogP contribution in [0.3, 0.4) is 0 Å².